The number of nitrogens with two attached hydrogens (primary N) is 1. The van der Waals surface area contributed by atoms with E-state index < -0.39 is 0 Å². The van der Waals surface area contributed by atoms with Crippen LogP contribution in [-0.2, 0) is 0 Å². The van der Waals surface area contributed by atoms with Crippen molar-refractivity contribution in [1.29, 1.82) is 0 Å². The lowest BCUT2D eigenvalue weighted by Crippen LogP contribution is -2.22. The minimum absolute atomic E-state index is 0.159. The largest absolute Gasteiger partial charge is 0.497 e. The van der Waals surface area contributed by atoms with Gasteiger partial charge in [-0.3, -0.25) is 4.79 Å². The lowest BCUT2D eigenvalue weighted by Gasteiger charge is -2.11. The van der Waals surface area contributed by atoms with Crippen LogP contribution in [0.15, 0.2) is 42.5 Å². The van der Waals surface area contributed by atoms with Crippen molar-refractivity contribution in [3.63, 3.8) is 0 Å². The van der Waals surface area contributed by atoms with Crippen molar-refractivity contribution in [2.75, 3.05) is 19.4 Å². The molecule has 0 spiro atoms. The summed E-state index contributed by atoms with van der Waals surface area (Å²) in [6.07, 6.45) is 0. The highest BCUT2D eigenvalue weighted by atomic mass is 16.5. The molecular weight excluding hydrogens is 268 g/mol. The lowest BCUT2D eigenvalue weighted by atomic mass is 10.1. The minimum Gasteiger partial charge on any atom is -0.497 e. The summed E-state index contributed by atoms with van der Waals surface area (Å²) in [5, 5.41) is 2.74. The van der Waals surface area contributed by atoms with Gasteiger partial charge in [0, 0.05) is 18.2 Å². The second-order valence-corrected chi connectivity index (χ2v) is 4.39. The van der Waals surface area contributed by atoms with Gasteiger partial charge in [0.05, 0.1) is 12.8 Å². The zero-order chi connectivity index (χ0) is 15.2. The van der Waals surface area contributed by atoms with Crippen molar-refractivity contribution in [2.45, 2.75) is 6.92 Å². The molecule has 2 aromatic rings. The Morgan fingerprint density at radius 3 is 2.67 bits per heavy atom. The van der Waals surface area contributed by atoms with Gasteiger partial charge in [-0.1, -0.05) is 6.07 Å². The monoisotopic (exact) mass is 286 g/mol. The number of rotatable bonds is 5. The SMILES string of the molecule is CCNC(=O)c1ccc(N)c(Oc2cccc(OC)c2)c1. The summed E-state index contributed by atoms with van der Waals surface area (Å²) in [4.78, 5) is 11.8. The van der Waals surface area contributed by atoms with E-state index in [1.165, 1.54) is 0 Å². The van der Waals surface area contributed by atoms with Gasteiger partial charge in [-0.05, 0) is 37.3 Å². The molecule has 0 unspecified atom stereocenters. The summed E-state index contributed by atoms with van der Waals surface area (Å²) in [6, 6.07) is 12.1. The van der Waals surface area contributed by atoms with Crippen LogP contribution in [0.25, 0.3) is 0 Å². The first-order valence-corrected chi connectivity index (χ1v) is 6.63. The fraction of sp³-hybridized carbons (Fsp3) is 0.188. The quantitative estimate of drug-likeness (QED) is 0.829. The molecule has 2 aromatic carbocycles. The van der Waals surface area contributed by atoms with Gasteiger partial charge in [-0.15, -0.1) is 0 Å². The molecule has 0 radical (unpaired) electrons. The van der Waals surface area contributed by atoms with Crippen molar-refractivity contribution < 1.29 is 14.3 Å². The van der Waals surface area contributed by atoms with E-state index >= 15 is 0 Å². The fourth-order valence-electron chi connectivity index (χ4n) is 1.82. The third kappa shape index (κ3) is 3.66. The minimum atomic E-state index is -0.159. The van der Waals surface area contributed by atoms with Crippen LogP contribution < -0.4 is 20.5 Å². The third-order valence-electron chi connectivity index (χ3n) is 2.88. The first-order chi connectivity index (χ1) is 10.1. The molecule has 5 nitrogen and oxygen atoms in total. The number of anilines is 1. The standard InChI is InChI=1S/C16H18N2O3/c1-3-18-16(19)11-7-8-14(17)15(9-11)21-13-6-4-5-12(10-13)20-2/h4-10H,3,17H2,1-2H3,(H,18,19). The Balaban J connectivity index is 2.26. The van der Waals surface area contributed by atoms with Crippen LogP contribution in [0.5, 0.6) is 17.2 Å². The van der Waals surface area contributed by atoms with E-state index in [9.17, 15) is 4.79 Å². The topological polar surface area (TPSA) is 73.6 Å². The lowest BCUT2D eigenvalue weighted by molar-refractivity contribution is 0.0955. The molecule has 1 amide bonds. The van der Waals surface area contributed by atoms with Crippen LogP contribution in [-0.4, -0.2) is 19.6 Å². The van der Waals surface area contributed by atoms with E-state index in [0.29, 0.717) is 35.0 Å². The fourth-order valence-corrected chi connectivity index (χ4v) is 1.82. The highest BCUT2D eigenvalue weighted by Crippen LogP contribution is 2.30. The average molecular weight is 286 g/mol. The van der Waals surface area contributed by atoms with E-state index in [0.717, 1.165) is 0 Å². The van der Waals surface area contributed by atoms with Gasteiger partial charge in [-0.25, -0.2) is 0 Å². The molecule has 0 aromatic heterocycles. The number of nitrogens with one attached hydrogen (secondary N) is 1. The van der Waals surface area contributed by atoms with E-state index in [-0.39, 0.29) is 5.91 Å². The molecule has 0 aliphatic rings. The predicted octanol–water partition coefficient (Wildman–Crippen LogP) is 2.82. The van der Waals surface area contributed by atoms with Crippen LogP contribution in [0.4, 0.5) is 5.69 Å². The third-order valence-corrected chi connectivity index (χ3v) is 2.88. The molecule has 2 rings (SSSR count). The average Bonchev–Trinajstić information content (AvgIpc) is 2.50. The maximum atomic E-state index is 11.8. The van der Waals surface area contributed by atoms with Gasteiger partial charge in [0.25, 0.3) is 5.91 Å². The van der Waals surface area contributed by atoms with Crippen LogP contribution in [0.3, 0.4) is 0 Å². The predicted molar refractivity (Wildman–Crippen MR) is 81.9 cm³/mol. The number of methoxy groups -OCH3 is 1. The second kappa shape index (κ2) is 6.65. The molecular formula is C16H18N2O3. The van der Waals surface area contributed by atoms with E-state index in [4.69, 9.17) is 15.2 Å². The normalized spacial score (nSPS) is 10.0. The molecule has 21 heavy (non-hydrogen) atoms. The van der Waals surface area contributed by atoms with Crippen LogP contribution in [0.1, 0.15) is 17.3 Å². The Kier molecular flexibility index (Phi) is 4.66. The van der Waals surface area contributed by atoms with E-state index in [2.05, 4.69) is 5.32 Å². The summed E-state index contributed by atoms with van der Waals surface area (Å²) in [5.74, 6) is 1.56. The number of hydrogen-bond acceptors (Lipinski definition) is 4. The summed E-state index contributed by atoms with van der Waals surface area (Å²) in [5.41, 5.74) is 6.86. The highest BCUT2D eigenvalue weighted by molar-refractivity contribution is 5.95. The Hall–Kier alpha value is -2.69. The number of ether oxygens (including phenoxy) is 2. The number of carbonyl (C=O) groups is 1. The van der Waals surface area contributed by atoms with E-state index in [1.54, 1.807) is 37.4 Å². The van der Waals surface area contributed by atoms with Crippen LogP contribution >= 0.6 is 0 Å². The number of nitrogen functional groups attached to an aromatic ring is 1. The Labute approximate surface area is 123 Å². The van der Waals surface area contributed by atoms with E-state index in [1.807, 2.05) is 19.1 Å². The number of amides is 1. The molecule has 0 fully saturated rings. The Morgan fingerprint density at radius 2 is 1.95 bits per heavy atom. The van der Waals surface area contributed by atoms with Gasteiger partial charge in [-0.2, -0.15) is 0 Å². The molecule has 0 saturated heterocycles. The molecule has 110 valence electrons. The molecule has 0 aliphatic heterocycles. The molecule has 5 heteroatoms. The second-order valence-electron chi connectivity index (χ2n) is 4.39. The van der Waals surface area contributed by atoms with Crippen molar-refractivity contribution in [1.82, 2.24) is 5.32 Å². The molecule has 0 bridgehead atoms. The molecule has 3 N–H and O–H groups in total. The summed E-state index contributed by atoms with van der Waals surface area (Å²) in [6.45, 7) is 2.43. The van der Waals surface area contributed by atoms with Gasteiger partial charge < -0.3 is 20.5 Å². The zero-order valence-corrected chi connectivity index (χ0v) is 12.1. The van der Waals surface area contributed by atoms with Crippen molar-refractivity contribution in [3.05, 3.63) is 48.0 Å². The van der Waals surface area contributed by atoms with Crippen molar-refractivity contribution in [2.24, 2.45) is 0 Å². The summed E-state index contributed by atoms with van der Waals surface area (Å²) >= 11 is 0. The van der Waals surface area contributed by atoms with Crippen LogP contribution in [0, 0.1) is 0 Å². The number of carbonyl (C=O) groups excluding carboxylic acids is 1. The Morgan fingerprint density at radius 1 is 1.19 bits per heavy atom. The zero-order valence-electron chi connectivity index (χ0n) is 12.1. The van der Waals surface area contributed by atoms with Gasteiger partial charge in [0.2, 0.25) is 0 Å². The maximum absolute atomic E-state index is 11.8. The molecule has 0 heterocycles. The maximum Gasteiger partial charge on any atom is 0.251 e. The highest BCUT2D eigenvalue weighted by Gasteiger charge is 2.09. The number of benzene rings is 2. The van der Waals surface area contributed by atoms with Crippen molar-refractivity contribution >= 4 is 11.6 Å². The molecule has 0 atom stereocenters. The van der Waals surface area contributed by atoms with Crippen LogP contribution in [0.2, 0.25) is 0 Å². The van der Waals surface area contributed by atoms with Crippen molar-refractivity contribution in [3.8, 4) is 17.2 Å². The molecule has 0 saturated carbocycles. The molecule has 0 aliphatic carbocycles. The summed E-state index contributed by atoms with van der Waals surface area (Å²) in [7, 11) is 1.59. The first kappa shape index (κ1) is 14.7. The summed E-state index contributed by atoms with van der Waals surface area (Å²) < 4.78 is 10.9. The van der Waals surface area contributed by atoms with Gasteiger partial charge in [0.1, 0.15) is 11.5 Å². The van der Waals surface area contributed by atoms with Gasteiger partial charge in [0.15, 0.2) is 5.75 Å². The smallest absolute Gasteiger partial charge is 0.251 e. The Bertz CT molecular complexity index is 641. The van der Waals surface area contributed by atoms with Gasteiger partial charge >= 0.3 is 0 Å². The number of hydrogen-bond donors (Lipinski definition) is 2. The first-order valence-electron chi connectivity index (χ1n) is 6.63.